The fourth-order valence-corrected chi connectivity index (χ4v) is 5.42. The molecule has 1 atom stereocenters. The van der Waals surface area contributed by atoms with Gasteiger partial charge in [0.2, 0.25) is 0 Å². The highest BCUT2D eigenvalue weighted by molar-refractivity contribution is 7.18. The second-order valence-electron chi connectivity index (χ2n) is 9.00. The van der Waals surface area contributed by atoms with Gasteiger partial charge in [0.1, 0.15) is 0 Å². The number of amides is 1. The molecule has 2 aliphatic heterocycles. The van der Waals surface area contributed by atoms with Gasteiger partial charge in [-0.2, -0.15) is 0 Å². The molecule has 1 aromatic heterocycles. The molecular weight excluding hydrogens is 436 g/mol. The van der Waals surface area contributed by atoms with Crippen molar-refractivity contribution >= 4 is 40.5 Å². The number of ether oxygens (including phenoxy) is 1. The summed E-state index contributed by atoms with van der Waals surface area (Å²) in [5.74, 6) is -1.43. The molecule has 3 heterocycles. The number of benzene rings is 1. The molecule has 1 N–H and O–H groups in total. The van der Waals surface area contributed by atoms with Crippen molar-refractivity contribution in [3.05, 3.63) is 50.7 Å². The van der Waals surface area contributed by atoms with Crippen LogP contribution in [-0.2, 0) is 22.4 Å². The number of likely N-dealkylation sites (N-methyl/N-ethyl adjacent to an activating group) is 1. The predicted octanol–water partition coefficient (Wildman–Crippen LogP) is 4.10. The van der Waals surface area contributed by atoms with Crippen LogP contribution in [0.5, 0.6) is 0 Å². The van der Waals surface area contributed by atoms with E-state index in [4.69, 9.17) is 16.3 Å². The standard InChI is InChI=1S/C23H27ClN2O4S/c1-22(2)13-16-12-17(5-4-15(16)8-10-25(22)3)26(20(27)18-6-7-19(24)31-18)23(21(28)29)9-11-30-14-23/h4-7,12H,8-11,13-14H2,1-3H3,(H,28,29)/t23-/m1/s1. The Morgan fingerprint density at radius 1 is 1.23 bits per heavy atom. The first-order valence-electron chi connectivity index (χ1n) is 10.4. The Hall–Kier alpha value is -1.93. The maximum absolute atomic E-state index is 13.6. The SMILES string of the molecule is CN1CCc2ccc(N(C(=O)c3ccc(Cl)s3)[C@]3(C(=O)O)CCOC3)cc2CC1(C)C. The normalized spacial score (nSPS) is 23.2. The van der Waals surface area contributed by atoms with Crippen molar-refractivity contribution in [2.24, 2.45) is 0 Å². The lowest BCUT2D eigenvalue weighted by Gasteiger charge is -2.37. The molecule has 0 radical (unpaired) electrons. The minimum Gasteiger partial charge on any atom is -0.479 e. The van der Waals surface area contributed by atoms with Crippen LogP contribution in [0.1, 0.15) is 41.1 Å². The van der Waals surface area contributed by atoms with Crippen LogP contribution in [0.3, 0.4) is 0 Å². The summed E-state index contributed by atoms with van der Waals surface area (Å²) in [6.45, 7) is 5.61. The van der Waals surface area contributed by atoms with Gasteiger partial charge in [0.15, 0.2) is 5.54 Å². The van der Waals surface area contributed by atoms with E-state index in [2.05, 4.69) is 25.8 Å². The van der Waals surface area contributed by atoms with Gasteiger partial charge in [-0.25, -0.2) is 4.79 Å². The molecule has 1 amide bonds. The summed E-state index contributed by atoms with van der Waals surface area (Å²) in [6, 6.07) is 9.20. The van der Waals surface area contributed by atoms with Crippen LogP contribution in [0.4, 0.5) is 5.69 Å². The second kappa shape index (κ2) is 8.20. The number of carbonyl (C=O) groups is 2. The van der Waals surface area contributed by atoms with Crippen LogP contribution in [0.2, 0.25) is 4.34 Å². The van der Waals surface area contributed by atoms with Crippen molar-refractivity contribution in [2.45, 2.75) is 44.2 Å². The molecule has 31 heavy (non-hydrogen) atoms. The number of thiophene rings is 1. The fourth-order valence-electron chi connectivity index (χ4n) is 4.44. The molecule has 2 aromatic rings. The van der Waals surface area contributed by atoms with Crippen LogP contribution in [-0.4, -0.2) is 59.8 Å². The minimum atomic E-state index is -1.45. The third-order valence-electron chi connectivity index (χ3n) is 6.64. The van der Waals surface area contributed by atoms with Crippen molar-refractivity contribution in [2.75, 3.05) is 31.7 Å². The first-order chi connectivity index (χ1) is 14.6. The Bertz CT molecular complexity index is 1010. The number of halogens is 1. The largest absolute Gasteiger partial charge is 0.479 e. The molecule has 0 spiro atoms. The Morgan fingerprint density at radius 3 is 2.61 bits per heavy atom. The highest BCUT2D eigenvalue weighted by atomic mass is 35.5. The van der Waals surface area contributed by atoms with Gasteiger partial charge in [-0.05, 0) is 69.1 Å². The number of aliphatic carboxylic acids is 1. The minimum absolute atomic E-state index is 0.0407. The molecule has 166 valence electrons. The van der Waals surface area contributed by atoms with E-state index in [-0.39, 0.29) is 24.5 Å². The third kappa shape index (κ3) is 4.00. The number of nitrogens with zero attached hydrogens (tertiary/aromatic N) is 2. The Balaban J connectivity index is 1.83. The molecule has 2 aliphatic rings. The number of rotatable bonds is 4. The molecule has 4 rings (SSSR count). The van der Waals surface area contributed by atoms with Gasteiger partial charge in [-0.3, -0.25) is 9.69 Å². The number of hydrogen-bond acceptors (Lipinski definition) is 5. The first kappa shape index (κ1) is 22.3. The number of carboxylic acid groups (broad SMARTS) is 1. The van der Waals surface area contributed by atoms with Crippen molar-refractivity contribution in [1.29, 1.82) is 0 Å². The monoisotopic (exact) mass is 462 g/mol. The Labute approximate surface area is 191 Å². The number of fused-ring (bicyclic) bond motifs is 1. The van der Waals surface area contributed by atoms with Crippen molar-refractivity contribution < 1.29 is 19.4 Å². The smallest absolute Gasteiger partial charge is 0.332 e. The van der Waals surface area contributed by atoms with Crippen LogP contribution >= 0.6 is 22.9 Å². The molecule has 0 bridgehead atoms. The molecule has 1 aromatic carbocycles. The first-order valence-corrected chi connectivity index (χ1v) is 11.6. The summed E-state index contributed by atoms with van der Waals surface area (Å²) in [7, 11) is 2.12. The molecule has 8 heteroatoms. The molecule has 0 unspecified atom stereocenters. The average Bonchev–Trinajstić information content (AvgIpc) is 3.34. The van der Waals surface area contributed by atoms with Gasteiger partial charge in [-0.15, -0.1) is 11.3 Å². The maximum atomic E-state index is 13.6. The van der Waals surface area contributed by atoms with Crippen LogP contribution in [0, 0.1) is 0 Å². The summed E-state index contributed by atoms with van der Waals surface area (Å²) < 4.78 is 5.98. The highest BCUT2D eigenvalue weighted by Crippen LogP contribution is 2.37. The number of anilines is 1. The lowest BCUT2D eigenvalue weighted by Crippen LogP contribution is -2.58. The Morgan fingerprint density at radius 2 is 2.00 bits per heavy atom. The van der Waals surface area contributed by atoms with Gasteiger partial charge >= 0.3 is 5.97 Å². The summed E-state index contributed by atoms with van der Waals surface area (Å²) in [5.41, 5.74) is 1.48. The van der Waals surface area contributed by atoms with E-state index in [1.54, 1.807) is 12.1 Å². The van der Waals surface area contributed by atoms with Crippen molar-refractivity contribution in [3.8, 4) is 0 Å². The number of carboxylic acids is 1. The summed E-state index contributed by atoms with van der Waals surface area (Å²) in [4.78, 5) is 30.3. The van der Waals surface area contributed by atoms with Crippen molar-refractivity contribution in [1.82, 2.24) is 4.90 Å². The fraction of sp³-hybridized carbons (Fsp3) is 0.478. The van der Waals surface area contributed by atoms with Gasteiger partial charge in [0.25, 0.3) is 5.91 Å². The summed E-state index contributed by atoms with van der Waals surface area (Å²) in [6.07, 6.45) is 1.96. The molecular formula is C23H27ClN2O4S. The van der Waals surface area contributed by atoms with E-state index in [1.807, 2.05) is 18.2 Å². The van der Waals surface area contributed by atoms with Crippen LogP contribution in [0.15, 0.2) is 30.3 Å². The third-order valence-corrected chi connectivity index (χ3v) is 7.85. The van der Waals surface area contributed by atoms with Gasteiger partial charge in [0.05, 0.1) is 15.8 Å². The second-order valence-corrected chi connectivity index (χ2v) is 10.7. The lowest BCUT2D eigenvalue weighted by molar-refractivity contribution is -0.143. The van der Waals surface area contributed by atoms with Gasteiger partial charge < -0.3 is 14.7 Å². The molecule has 0 aliphatic carbocycles. The molecule has 1 saturated heterocycles. The molecule has 6 nitrogen and oxygen atoms in total. The zero-order chi connectivity index (χ0) is 22.4. The van der Waals surface area contributed by atoms with Crippen LogP contribution < -0.4 is 4.90 Å². The highest BCUT2D eigenvalue weighted by Gasteiger charge is 2.51. The number of hydrogen-bond donors (Lipinski definition) is 1. The van der Waals surface area contributed by atoms with Gasteiger partial charge in [-0.1, -0.05) is 17.7 Å². The van der Waals surface area contributed by atoms with Gasteiger partial charge in [0, 0.05) is 30.8 Å². The average molecular weight is 463 g/mol. The molecule has 1 fully saturated rings. The maximum Gasteiger partial charge on any atom is 0.332 e. The summed E-state index contributed by atoms with van der Waals surface area (Å²) >= 11 is 7.23. The van der Waals surface area contributed by atoms with E-state index < -0.39 is 11.5 Å². The zero-order valence-corrected chi connectivity index (χ0v) is 19.6. The van der Waals surface area contributed by atoms with E-state index in [9.17, 15) is 14.7 Å². The van der Waals surface area contributed by atoms with E-state index in [1.165, 1.54) is 10.5 Å². The lowest BCUT2D eigenvalue weighted by atomic mass is 9.90. The Kier molecular flexibility index (Phi) is 5.89. The summed E-state index contributed by atoms with van der Waals surface area (Å²) in [5, 5.41) is 10.2. The zero-order valence-electron chi connectivity index (χ0n) is 18.0. The quantitative estimate of drug-likeness (QED) is 0.740. The van der Waals surface area contributed by atoms with Crippen LogP contribution in [0.25, 0.3) is 0 Å². The van der Waals surface area contributed by atoms with E-state index in [0.717, 1.165) is 36.3 Å². The predicted molar refractivity (Wildman–Crippen MR) is 123 cm³/mol. The van der Waals surface area contributed by atoms with Crippen molar-refractivity contribution in [3.63, 3.8) is 0 Å². The molecule has 0 saturated carbocycles. The topological polar surface area (TPSA) is 70.1 Å². The van der Waals surface area contributed by atoms with E-state index in [0.29, 0.717) is 21.5 Å². The van der Waals surface area contributed by atoms with E-state index >= 15 is 0 Å². The number of carbonyl (C=O) groups excluding carboxylic acids is 1.